The Bertz CT molecular complexity index is 3040. The summed E-state index contributed by atoms with van der Waals surface area (Å²) in [5.74, 6) is 0. The lowest BCUT2D eigenvalue weighted by atomic mass is 9.81. The van der Waals surface area contributed by atoms with Crippen LogP contribution >= 0.6 is 0 Å². The lowest BCUT2D eigenvalue weighted by molar-refractivity contribution is 0.148. The van der Waals surface area contributed by atoms with E-state index in [1.54, 1.807) is 0 Å². The van der Waals surface area contributed by atoms with Crippen LogP contribution in [0.2, 0.25) is 0 Å². The van der Waals surface area contributed by atoms with E-state index in [1.165, 1.54) is 50.2 Å². The number of fused-ring (bicyclic) bond motifs is 4. The molecule has 0 saturated heterocycles. The summed E-state index contributed by atoms with van der Waals surface area (Å²) in [6, 6.07) is 81.4. The first-order valence-electron chi connectivity index (χ1n) is 22.3. The molecule has 1 aliphatic heterocycles. The number of hydrogen-bond acceptors (Lipinski definition) is 4. The predicted molar refractivity (Wildman–Crippen MR) is 267 cm³/mol. The van der Waals surface area contributed by atoms with Crippen LogP contribution in [0.3, 0.4) is 0 Å². The average molecular weight is 828 g/mol. The molecule has 0 radical (unpaired) electrons. The molecular weight excluding hydrogens is 779 g/mol. The molecule has 11 rings (SSSR count). The molecular formula is C60H49N3O. The van der Waals surface area contributed by atoms with Gasteiger partial charge in [-0.3, -0.25) is 0 Å². The minimum atomic E-state index is -0.203. The molecule has 310 valence electrons. The quantitative estimate of drug-likeness (QED) is 0.144. The first-order chi connectivity index (χ1) is 31.5. The van der Waals surface area contributed by atoms with E-state index in [2.05, 4.69) is 253 Å². The molecule has 1 aliphatic carbocycles. The smallest absolute Gasteiger partial charge is 0.123 e. The van der Waals surface area contributed by atoms with Gasteiger partial charge in [0.25, 0.3) is 0 Å². The molecule has 4 heteroatoms. The van der Waals surface area contributed by atoms with Crippen LogP contribution in [0.1, 0.15) is 30.5 Å². The highest BCUT2D eigenvalue weighted by atomic mass is 16.5. The van der Waals surface area contributed by atoms with Gasteiger partial charge in [-0.2, -0.15) is 0 Å². The van der Waals surface area contributed by atoms with Gasteiger partial charge in [-0.15, -0.1) is 0 Å². The van der Waals surface area contributed by atoms with Crippen LogP contribution < -0.4 is 14.7 Å². The number of benzene rings is 9. The SMILES string of the molecule is CC1(C)c2ccccc2-c2c1ccc(N(c1ccc(N(c3ccccc3)c3ccccc3)cc1)c1cccc(-c3ccccc3)c1)c2-c1cccc2c1N(c1ccccc1)COCC2. The van der Waals surface area contributed by atoms with Gasteiger partial charge in [-0.1, -0.05) is 159 Å². The maximum absolute atomic E-state index is 6.39. The van der Waals surface area contributed by atoms with Crippen molar-refractivity contribution in [2.75, 3.05) is 28.0 Å². The Labute approximate surface area is 376 Å². The van der Waals surface area contributed by atoms with E-state index in [4.69, 9.17) is 4.74 Å². The molecule has 64 heavy (non-hydrogen) atoms. The molecule has 0 bridgehead atoms. The Morgan fingerprint density at radius 1 is 0.438 bits per heavy atom. The van der Waals surface area contributed by atoms with Crippen molar-refractivity contribution in [3.8, 4) is 33.4 Å². The van der Waals surface area contributed by atoms with Crippen LogP contribution in [0.5, 0.6) is 0 Å². The summed E-state index contributed by atoms with van der Waals surface area (Å²) in [7, 11) is 0. The Balaban J connectivity index is 1.19. The minimum absolute atomic E-state index is 0.203. The third kappa shape index (κ3) is 6.93. The molecule has 0 unspecified atom stereocenters. The normalized spacial score (nSPS) is 13.6. The maximum Gasteiger partial charge on any atom is 0.123 e. The second kappa shape index (κ2) is 16.6. The summed E-state index contributed by atoms with van der Waals surface area (Å²) in [5.41, 5.74) is 19.9. The number of ether oxygens (including phenoxy) is 1. The third-order valence-electron chi connectivity index (χ3n) is 13.0. The fourth-order valence-corrected chi connectivity index (χ4v) is 10.0. The van der Waals surface area contributed by atoms with Crippen molar-refractivity contribution < 1.29 is 4.74 Å². The monoisotopic (exact) mass is 827 g/mol. The molecule has 0 amide bonds. The standard InChI is InChI=1S/C60H49N3O/c1-60(2)54-32-16-15-30-52(54)57-55(60)37-38-56(58(57)53-31-18-21-44-39-40-64-42-61(59(44)53)46-23-9-4-10-24-46)63(51-29-17-22-45(41-51)43-19-7-3-8-20-43)50-35-33-49(34-36-50)62(47-25-11-5-12-26-47)48-27-13-6-14-28-48/h3-38,41H,39-40,42H2,1-2H3. The Morgan fingerprint density at radius 2 is 0.984 bits per heavy atom. The van der Waals surface area contributed by atoms with Crippen LogP contribution in [-0.2, 0) is 16.6 Å². The Kier molecular flexibility index (Phi) is 10.1. The van der Waals surface area contributed by atoms with E-state index in [9.17, 15) is 0 Å². The summed E-state index contributed by atoms with van der Waals surface area (Å²) in [6.45, 7) is 5.87. The molecule has 0 atom stereocenters. The molecule has 9 aromatic carbocycles. The molecule has 0 aromatic heterocycles. The lowest BCUT2D eigenvalue weighted by Crippen LogP contribution is -2.21. The molecule has 9 aromatic rings. The zero-order valence-corrected chi connectivity index (χ0v) is 36.2. The first-order valence-corrected chi connectivity index (χ1v) is 22.3. The highest BCUT2D eigenvalue weighted by Crippen LogP contribution is 2.58. The molecule has 2 aliphatic rings. The third-order valence-corrected chi connectivity index (χ3v) is 13.0. The number of anilines is 8. The minimum Gasteiger partial charge on any atom is -0.360 e. The zero-order chi connectivity index (χ0) is 43.0. The van der Waals surface area contributed by atoms with Crippen molar-refractivity contribution >= 4 is 45.5 Å². The van der Waals surface area contributed by atoms with E-state index in [0.29, 0.717) is 13.3 Å². The molecule has 0 spiro atoms. The second-order valence-corrected chi connectivity index (χ2v) is 17.2. The molecule has 0 fully saturated rings. The highest BCUT2D eigenvalue weighted by Gasteiger charge is 2.39. The van der Waals surface area contributed by atoms with Gasteiger partial charge in [0.15, 0.2) is 0 Å². The number of para-hydroxylation sites is 4. The van der Waals surface area contributed by atoms with Crippen molar-refractivity contribution in [1.82, 2.24) is 0 Å². The predicted octanol–water partition coefficient (Wildman–Crippen LogP) is 15.9. The van der Waals surface area contributed by atoms with Crippen LogP contribution in [0, 0.1) is 0 Å². The maximum atomic E-state index is 6.39. The second-order valence-electron chi connectivity index (χ2n) is 17.2. The van der Waals surface area contributed by atoms with E-state index >= 15 is 0 Å². The number of hydrogen-bond donors (Lipinski definition) is 0. The Morgan fingerprint density at radius 3 is 1.69 bits per heavy atom. The molecule has 0 saturated carbocycles. The van der Waals surface area contributed by atoms with E-state index < -0.39 is 0 Å². The van der Waals surface area contributed by atoms with Crippen molar-refractivity contribution in [3.05, 3.63) is 241 Å². The van der Waals surface area contributed by atoms with Gasteiger partial charge in [-0.25, -0.2) is 0 Å². The summed E-state index contributed by atoms with van der Waals surface area (Å²) in [5, 5.41) is 0. The summed E-state index contributed by atoms with van der Waals surface area (Å²) in [6.07, 6.45) is 0.822. The van der Waals surface area contributed by atoms with Crippen molar-refractivity contribution in [2.24, 2.45) is 0 Å². The fraction of sp³-hybridized carbons (Fsp3) is 0.100. The van der Waals surface area contributed by atoms with E-state index in [1.807, 2.05) is 0 Å². The summed E-state index contributed by atoms with van der Waals surface area (Å²) < 4.78 is 6.39. The largest absolute Gasteiger partial charge is 0.360 e. The van der Waals surface area contributed by atoms with E-state index in [0.717, 1.165) is 51.8 Å². The fourth-order valence-electron chi connectivity index (χ4n) is 10.0. The van der Waals surface area contributed by atoms with Crippen LogP contribution in [0.4, 0.5) is 45.5 Å². The van der Waals surface area contributed by atoms with Gasteiger partial charge in [0.05, 0.1) is 18.0 Å². The van der Waals surface area contributed by atoms with Gasteiger partial charge in [0.1, 0.15) is 6.73 Å². The van der Waals surface area contributed by atoms with Gasteiger partial charge < -0.3 is 19.4 Å². The van der Waals surface area contributed by atoms with Gasteiger partial charge >= 0.3 is 0 Å². The number of rotatable bonds is 9. The lowest BCUT2D eigenvalue weighted by Gasteiger charge is -2.33. The van der Waals surface area contributed by atoms with Gasteiger partial charge in [0.2, 0.25) is 0 Å². The van der Waals surface area contributed by atoms with Gasteiger partial charge in [-0.05, 0) is 124 Å². The zero-order valence-electron chi connectivity index (χ0n) is 36.2. The van der Waals surface area contributed by atoms with Crippen molar-refractivity contribution in [3.63, 3.8) is 0 Å². The molecule has 4 nitrogen and oxygen atoms in total. The Hall–Kier alpha value is -7.66. The van der Waals surface area contributed by atoms with Crippen LogP contribution in [0.25, 0.3) is 33.4 Å². The molecule has 0 N–H and O–H groups in total. The first kappa shape index (κ1) is 39.2. The summed E-state index contributed by atoms with van der Waals surface area (Å²) >= 11 is 0. The average Bonchev–Trinajstić information content (AvgIpc) is 3.45. The number of nitrogens with zero attached hydrogens (tertiary/aromatic N) is 3. The van der Waals surface area contributed by atoms with E-state index in [-0.39, 0.29) is 5.41 Å². The topological polar surface area (TPSA) is 19.0 Å². The molecule has 1 heterocycles. The van der Waals surface area contributed by atoms with Crippen LogP contribution in [0.15, 0.2) is 224 Å². The van der Waals surface area contributed by atoms with Crippen molar-refractivity contribution in [2.45, 2.75) is 25.7 Å². The van der Waals surface area contributed by atoms with Crippen LogP contribution in [-0.4, -0.2) is 13.3 Å². The highest BCUT2D eigenvalue weighted by molar-refractivity contribution is 6.05. The summed E-state index contributed by atoms with van der Waals surface area (Å²) in [4.78, 5) is 7.18. The van der Waals surface area contributed by atoms with Crippen molar-refractivity contribution in [1.29, 1.82) is 0 Å². The van der Waals surface area contributed by atoms with Gasteiger partial charge in [0, 0.05) is 50.7 Å².